The van der Waals surface area contributed by atoms with Gasteiger partial charge in [-0.1, -0.05) is 0 Å². The van der Waals surface area contributed by atoms with Gasteiger partial charge in [-0.25, -0.2) is 9.97 Å². The van der Waals surface area contributed by atoms with Crippen LogP contribution in [0.25, 0.3) is 11.6 Å². The summed E-state index contributed by atoms with van der Waals surface area (Å²) in [6, 6.07) is 0.798. The summed E-state index contributed by atoms with van der Waals surface area (Å²) in [5.41, 5.74) is 4.51. The van der Waals surface area contributed by atoms with Crippen molar-refractivity contribution in [1.29, 1.82) is 0 Å². The zero-order valence-electron chi connectivity index (χ0n) is 7.82. The largest absolute Gasteiger partial charge is 0.443 e. The summed E-state index contributed by atoms with van der Waals surface area (Å²) in [4.78, 5) is 7.33. The highest BCUT2D eigenvalue weighted by molar-refractivity contribution is 5.66. The molecule has 0 atom stereocenters. The second-order valence-electron chi connectivity index (χ2n) is 3.00. The molecular formula is C9H6F3N3O. The smallest absolute Gasteiger partial charge is 0.417 e. The second-order valence-corrected chi connectivity index (χ2v) is 3.00. The lowest BCUT2D eigenvalue weighted by Crippen LogP contribution is -2.07. The number of nitrogen functional groups attached to an aromatic ring is 1. The molecule has 0 bridgehead atoms. The van der Waals surface area contributed by atoms with E-state index in [-0.39, 0.29) is 17.3 Å². The summed E-state index contributed by atoms with van der Waals surface area (Å²) in [5, 5.41) is 0. The number of halogens is 3. The van der Waals surface area contributed by atoms with Crippen molar-refractivity contribution in [2.45, 2.75) is 6.18 Å². The molecule has 0 fully saturated rings. The Hall–Kier alpha value is -2.05. The van der Waals surface area contributed by atoms with Gasteiger partial charge >= 0.3 is 6.18 Å². The standard InChI is InChI=1S/C9H6F3N3O/c10-9(11,12)5-3-6(13)7(15-4-5)8-14-1-2-16-8/h1-4H,13H2. The molecule has 2 aromatic heterocycles. The maximum absolute atomic E-state index is 12.3. The van der Waals surface area contributed by atoms with Crippen LogP contribution in [0.1, 0.15) is 5.56 Å². The van der Waals surface area contributed by atoms with E-state index >= 15 is 0 Å². The number of rotatable bonds is 1. The lowest BCUT2D eigenvalue weighted by molar-refractivity contribution is -0.137. The van der Waals surface area contributed by atoms with Crippen LogP contribution in [-0.2, 0) is 6.18 Å². The number of anilines is 1. The lowest BCUT2D eigenvalue weighted by Gasteiger charge is -2.07. The first-order valence-corrected chi connectivity index (χ1v) is 4.21. The fraction of sp³-hybridized carbons (Fsp3) is 0.111. The quantitative estimate of drug-likeness (QED) is 0.815. The summed E-state index contributed by atoms with van der Waals surface area (Å²) in [6.07, 6.45) is -1.13. The number of nitrogens with zero attached hydrogens (tertiary/aromatic N) is 2. The van der Waals surface area contributed by atoms with Gasteiger partial charge in [0.15, 0.2) is 0 Å². The van der Waals surface area contributed by atoms with Crippen molar-refractivity contribution in [3.8, 4) is 11.6 Å². The van der Waals surface area contributed by atoms with E-state index in [1.165, 1.54) is 12.5 Å². The number of nitrogens with two attached hydrogens (primary N) is 1. The van der Waals surface area contributed by atoms with Gasteiger partial charge in [0.05, 0.1) is 17.4 Å². The molecule has 0 aromatic carbocycles. The Balaban J connectivity index is 2.46. The van der Waals surface area contributed by atoms with Crippen molar-refractivity contribution in [3.63, 3.8) is 0 Å². The molecule has 0 saturated carbocycles. The first-order valence-electron chi connectivity index (χ1n) is 4.21. The van der Waals surface area contributed by atoms with E-state index in [0.717, 1.165) is 6.07 Å². The number of hydrogen-bond donors (Lipinski definition) is 1. The minimum absolute atomic E-state index is 0.0891. The van der Waals surface area contributed by atoms with E-state index in [0.29, 0.717) is 6.20 Å². The summed E-state index contributed by atoms with van der Waals surface area (Å²) in [7, 11) is 0. The van der Waals surface area contributed by atoms with Crippen LogP contribution in [0.5, 0.6) is 0 Å². The third kappa shape index (κ3) is 1.83. The molecule has 0 aliphatic rings. The maximum Gasteiger partial charge on any atom is 0.417 e. The van der Waals surface area contributed by atoms with Gasteiger partial charge in [0.1, 0.15) is 12.0 Å². The Bertz CT molecular complexity index is 493. The minimum atomic E-state index is -4.46. The second kappa shape index (κ2) is 3.51. The Morgan fingerprint density at radius 2 is 2.00 bits per heavy atom. The monoisotopic (exact) mass is 229 g/mol. The predicted molar refractivity (Wildman–Crippen MR) is 49.1 cm³/mol. The first kappa shape index (κ1) is 10.5. The van der Waals surface area contributed by atoms with Crippen molar-refractivity contribution in [1.82, 2.24) is 9.97 Å². The van der Waals surface area contributed by atoms with Crippen LogP contribution >= 0.6 is 0 Å². The van der Waals surface area contributed by atoms with E-state index in [2.05, 4.69) is 9.97 Å². The summed E-state index contributed by atoms with van der Waals surface area (Å²) < 4.78 is 41.8. The highest BCUT2D eigenvalue weighted by Crippen LogP contribution is 2.32. The Kier molecular flexibility index (Phi) is 2.30. The van der Waals surface area contributed by atoms with Crippen LogP contribution in [0.15, 0.2) is 29.1 Å². The molecule has 2 rings (SSSR count). The number of aromatic nitrogens is 2. The van der Waals surface area contributed by atoms with E-state index in [9.17, 15) is 13.2 Å². The topological polar surface area (TPSA) is 64.9 Å². The molecule has 4 nitrogen and oxygen atoms in total. The third-order valence-corrected chi connectivity index (χ3v) is 1.88. The van der Waals surface area contributed by atoms with Gasteiger partial charge in [0.2, 0.25) is 5.89 Å². The normalized spacial score (nSPS) is 11.7. The average Bonchev–Trinajstić information content (AvgIpc) is 2.69. The molecule has 0 amide bonds. The van der Waals surface area contributed by atoms with E-state index in [1.807, 2.05) is 0 Å². The third-order valence-electron chi connectivity index (χ3n) is 1.88. The van der Waals surface area contributed by atoms with Crippen molar-refractivity contribution in [2.24, 2.45) is 0 Å². The van der Waals surface area contributed by atoms with Crippen LogP contribution in [0, 0.1) is 0 Å². The number of hydrogen-bond acceptors (Lipinski definition) is 4. The molecule has 2 N–H and O–H groups in total. The zero-order valence-corrected chi connectivity index (χ0v) is 7.82. The Labute approximate surface area is 87.9 Å². The van der Waals surface area contributed by atoms with E-state index in [4.69, 9.17) is 10.2 Å². The number of alkyl halides is 3. The zero-order chi connectivity index (χ0) is 11.8. The van der Waals surface area contributed by atoms with Crippen LogP contribution < -0.4 is 5.73 Å². The molecular weight excluding hydrogens is 223 g/mol. The van der Waals surface area contributed by atoms with E-state index in [1.54, 1.807) is 0 Å². The SMILES string of the molecule is Nc1cc(C(F)(F)F)cnc1-c1ncco1. The molecule has 0 unspecified atom stereocenters. The summed E-state index contributed by atoms with van der Waals surface area (Å²) in [6.45, 7) is 0. The molecule has 0 spiro atoms. The molecule has 0 saturated heterocycles. The molecule has 84 valence electrons. The Morgan fingerprint density at radius 1 is 1.25 bits per heavy atom. The number of pyridine rings is 1. The molecule has 0 aliphatic heterocycles. The minimum Gasteiger partial charge on any atom is -0.443 e. The molecule has 0 radical (unpaired) electrons. The lowest BCUT2D eigenvalue weighted by atomic mass is 10.2. The van der Waals surface area contributed by atoms with Crippen molar-refractivity contribution >= 4 is 5.69 Å². The number of oxazole rings is 1. The van der Waals surface area contributed by atoms with Gasteiger partial charge in [-0.05, 0) is 6.07 Å². The van der Waals surface area contributed by atoms with Gasteiger partial charge in [-0.2, -0.15) is 13.2 Å². The maximum atomic E-state index is 12.3. The van der Waals surface area contributed by atoms with Crippen LogP contribution in [0.2, 0.25) is 0 Å². The van der Waals surface area contributed by atoms with Crippen molar-refractivity contribution in [2.75, 3.05) is 5.73 Å². The van der Waals surface area contributed by atoms with E-state index < -0.39 is 11.7 Å². The van der Waals surface area contributed by atoms with Crippen molar-refractivity contribution < 1.29 is 17.6 Å². The molecule has 16 heavy (non-hydrogen) atoms. The van der Waals surface area contributed by atoms with Gasteiger partial charge in [0, 0.05) is 6.20 Å². The highest BCUT2D eigenvalue weighted by atomic mass is 19.4. The predicted octanol–water partition coefficient (Wildman–Crippen LogP) is 2.34. The summed E-state index contributed by atoms with van der Waals surface area (Å²) >= 11 is 0. The molecule has 7 heteroatoms. The van der Waals surface area contributed by atoms with Crippen LogP contribution in [-0.4, -0.2) is 9.97 Å². The van der Waals surface area contributed by atoms with Gasteiger partial charge in [-0.3, -0.25) is 0 Å². The highest BCUT2D eigenvalue weighted by Gasteiger charge is 2.31. The first-order chi connectivity index (χ1) is 7.48. The van der Waals surface area contributed by atoms with Crippen LogP contribution in [0.3, 0.4) is 0 Å². The Morgan fingerprint density at radius 3 is 2.50 bits per heavy atom. The van der Waals surface area contributed by atoms with Gasteiger partial charge in [0.25, 0.3) is 0 Å². The fourth-order valence-corrected chi connectivity index (χ4v) is 1.16. The molecule has 2 heterocycles. The molecule has 2 aromatic rings. The average molecular weight is 229 g/mol. The fourth-order valence-electron chi connectivity index (χ4n) is 1.16. The van der Waals surface area contributed by atoms with Gasteiger partial charge in [-0.15, -0.1) is 0 Å². The molecule has 0 aliphatic carbocycles. The van der Waals surface area contributed by atoms with Gasteiger partial charge < -0.3 is 10.2 Å². The summed E-state index contributed by atoms with van der Waals surface area (Å²) in [5.74, 6) is 0.0891. The van der Waals surface area contributed by atoms with Crippen molar-refractivity contribution in [3.05, 3.63) is 30.3 Å². The van der Waals surface area contributed by atoms with Crippen LogP contribution in [0.4, 0.5) is 18.9 Å².